The fourth-order valence-corrected chi connectivity index (χ4v) is 1.76. The van der Waals surface area contributed by atoms with E-state index in [9.17, 15) is 14.3 Å². The van der Waals surface area contributed by atoms with E-state index in [2.05, 4.69) is 10.5 Å². The lowest BCUT2D eigenvalue weighted by atomic mass is 10.1. The van der Waals surface area contributed by atoms with Crippen LogP contribution >= 0.6 is 0 Å². The van der Waals surface area contributed by atoms with Crippen molar-refractivity contribution in [1.29, 1.82) is 0 Å². The minimum Gasteiger partial charge on any atom is -0.507 e. The number of halogens is 1. The van der Waals surface area contributed by atoms with Gasteiger partial charge < -0.3 is 5.11 Å². The van der Waals surface area contributed by atoms with Gasteiger partial charge in [-0.1, -0.05) is 17.7 Å². The highest BCUT2D eigenvalue weighted by Crippen LogP contribution is 2.18. The molecular weight excluding hydrogens is 271 g/mol. The summed E-state index contributed by atoms with van der Waals surface area (Å²) in [6, 6.07) is 10.6. The maximum atomic E-state index is 13.2. The Labute approximate surface area is 121 Å². The van der Waals surface area contributed by atoms with Gasteiger partial charge in [-0.25, -0.2) is 9.82 Å². The first-order valence-electron chi connectivity index (χ1n) is 6.37. The van der Waals surface area contributed by atoms with Crippen molar-refractivity contribution in [1.82, 2.24) is 5.43 Å². The molecule has 0 aliphatic rings. The molecule has 0 heterocycles. The third-order valence-electron chi connectivity index (χ3n) is 2.99. The standard InChI is InChI=1S/C16H15FN2O2/c1-10-3-5-12(6-4-10)16(21)19-18-11(2)14-9-13(17)7-8-15(14)20/h3-9,20H,1-2H3,(H,19,21)/b18-11+. The van der Waals surface area contributed by atoms with E-state index in [4.69, 9.17) is 0 Å². The number of hydrogen-bond donors (Lipinski definition) is 2. The number of benzene rings is 2. The van der Waals surface area contributed by atoms with Crippen molar-refractivity contribution in [2.45, 2.75) is 13.8 Å². The summed E-state index contributed by atoms with van der Waals surface area (Å²) in [6.07, 6.45) is 0. The lowest BCUT2D eigenvalue weighted by Crippen LogP contribution is -2.19. The van der Waals surface area contributed by atoms with Crippen LogP contribution in [0.4, 0.5) is 4.39 Å². The molecule has 108 valence electrons. The van der Waals surface area contributed by atoms with Gasteiger partial charge in [0, 0.05) is 11.1 Å². The molecule has 0 fully saturated rings. The minimum atomic E-state index is -0.484. The van der Waals surface area contributed by atoms with Crippen molar-refractivity contribution in [3.8, 4) is 5.75 Å². The molecule has 0 aliphatic heterocycles. The molecule has 0 aromatic heterocycles. The minimum absolute atomic E-state index is 0.0952. The van der Waals surface area contributed by atoms with Gasteiger partial charge in [-0.2, -0.15) is 5.10 Å². The number of carbonyl (C=O) groups is 1. The van der Waals surface area contributed by atoms with Crippen molar-refractivity contribution >= 4 is 11.6 Å². The van der Waals surface area contributed by atoms with Crippen LogP contribution in [0.5, 0.6) is 5.75 Å². The molecule has 2 aromatic carbocycles. The summed E-state index contributed by atoms with van der Waals surface area (Å²) in [4.78, 5) is 11.9. The van der Waals surface area contributed by atoms with E-state index in [1.165, 1.54) is 6.07 Å². The predicted molar refractivity (Wildman–Crippen MR) is 78.9 cm³/mol. The van der Waals surface area contributed by atoms with E-state index >= 15 is 0 Å². The molecule has 0 atom stereocenters. The summed E-state index contributed by atoms with van der Waals surface area (Å²) in [5, 5.41) is 13.5. The van der Waals surface area contributed by atoms with Crippen molar-refractivity contribution in [2.24, 2.45) is 5.10 Å². The number of amides is 1. The van der Waals surface area contributed by atoms with Crippen molar-refractivity contribution < 1.29 is 14.3 Å². The third kappa shape index (κ3) is 3.66. The third-order valence-corrected chi connectivity index (χ3v) is 2.99. The number of phenols is 1. The van der Waals surface area contributed by atoms with Crippen LogP contribution in [-0.4, -0.2) is 16.7 Å². The SMILES string of the molecule is C/C(=N\NC(=O)c1ccc(C)cc1)c1cc(F)ccc1O. The van der Waals surface area contributed by atoms with Crippen LogP contribution in [-0.2, 0) is 0 Å². The number of nitrogens with zero attached hydrogens (tertiary/aromatic N) is 1. The van der Waals surface area contributed by atoms with Gasteiger partial charge in [0.2, 0.25) is 0 Å². The van der Waals surface area contributed by atoms with Gasteiger partial charge in [0.25, 0.3) is 5.91 Å². The highest BCUT2D eigenvalue weighted by atomic mass is 19.1. The van der Waals surface area contributed by atoms with Crippen LogP contribution in [0.15, 0.2) is 47.6 Å². The molecule has 0 saturated heterocycles. The summed E-state index contributed by atoms with van der Waals surface area (Å²) in [5.41, 5.74) is 4.45. The summed E-state index contributed by atoms with van der Waals surface area (Å²) in [6.45, 7) is 3.50. The number of hydrazone groups is 1. The summed E-state index contributed by atoms with van der Waals surface area (Å²) in [5.74, 6) is -0.949. The zero-order valence-corrected chi connectivity index (χ0v) is 11.7. The summed E-state index contributed by atoms with van der Waals surface area (Å²) < 4.78 is 13.2. The number of nitrogens with one attached hydrogen (secondary N) is 1. The highest BCUT2D eigenvalue weighted by molar-refractivity contribution is 6.02. The molecular formula is C16H15FN2O2. The first-order valence-corrected chi connectivity index (χ1v) is 6.37. The molecule has 2 N–H and O–H groups in total. The number of hydrogen-bond acceptors (Lipinski definition) is 3. The molecule has 21 heavy (non-hydrogen) atoms. The summed E-state index contributed by atoms with van der Waals surface area (Å²) >= 11 is 0. The fraction of sp³-hybridized carbons (Fsp3) is 0.125. The molecule has 5 heteroatoms. The van der Waals surface area contributed by atoms with Gasteiger partial charge >= 0.3 is 0 Å². The predicted octanol–water partition coefficient (Wildman–Crippen LogP) is 2.99. The second-order valence-corrected chi connectivity index (χ2v) is 4.67. The molecule has 4 nitrogen and oxygen atoms in total. The van der Waals surface area contributed by atoms with Gasteiger partial charge in [-0.3, -0.25) is 4.79 Å². The average molecular weight is 286 g/mol. The Balaban J connectivity index is 2.14. The molecule has 2 rings (SSSR count). The number of rotatable bonds is 3. The average Bonchev–Trinajstić information content (AvgIpc) is 2.47. The monoisotopic (exact) mass is 286 g/mol. The smallest absolute Gasteiger partial charge is 0.271 e. The van der Waals surface area contributed by atoms with Crippen LogP contribution in [0, 0.1) is 12.7 Å². The first kappa shape index (κ1) is 14.7. The Hall–Kier alpha value is -2.69. The van der Waals surface area contributed by atoms with Crippen LogP contribution in [0.1, 0.15) is 28.4 Å². The fourth-order valence-electron chi connectivity index (χ4n) is 1.76. The van der Waals surface area contributed by atoms with Gasteiger partial charge in [0.15, 0.2) is 0 Å². The van der Waals surface area contributed by atoms with E-state index in [0.29, 0.717) is 11.3 Å². The van der Waals surface area contributed by atoms with E-state index in [1.54, 1.807) is 19.1 Å². The van der Waals surface area contributed by atoms with Crippen molar-refractivity contribution in [3.05, 3.63) is 65.0 Å². The molecule has 0 radical (unpaired) electrons. The first-order chi connectivity index (χ1) is 9.97. The van der Waals surface area contributed by atoms with Crippen LogP contribution in [0.3, 0.4) is 0 Å². The zero-order chi connectivity index (χ0) is 15.4. The topological polar surface area (TPSA) is 61.7 Å². The molecule has 0 aliphatic carbocycles. The normalized spacial score (nSPS) is 11.3. The van der Waals surface area contributed by atoms with Crippen LogP contribution < -0.4 is 5.43 Å². The van der Waals surface area contributed by atoms with Gasteiger partial charge in [-0.05, 0) is 44.2 Å². The Morgan fingerprint density at radius 1 is 1.19 bits per heavy atom. The molecule has 1 amide bonds. The van der Waals surface area contributed by atoms with E-state index < -0.39 is 5.82 Å². The molecule has 0 bridgehead atoms. The zero-order valence-electron chi connectivity index (χ0n) is 11.7. The maximum Gasteiger partial charge on any atom is 0.271 e. The Morgan fingerprint density at radius 2 is 1.86 bits per heavy atom. The second kappa shape index (κ2) is 6.17. The van der Waals surface area contributed by atoms with Gasteiger partial charge in [0.05, 0.1) is 5.71 Å². The van der Waals surface area contributed by atoms with Gasteiger partial charge in [0.1, 0.15) is 11.6 Å². The Bertz CT molecular complexity index is 694. The molecule has 0 saturated carbocycles. The summed E-state index contributed by atoms with van der Waals surface area (Å²) in [7, 11) is 0. The largest absolute Gasteiger partial charge is 0.507 e. The highest BCUT2D eigenvalue weighted by Gasteiger charge is 2.08. The van der Waals surface area contributed by atoms with Gasteiger partial charge in [-0.15, -0.1) is 0 Å². The Morgan fingerprint density at radius 3 is 2.52 bits per heavy atom. The van der Waals surface area contributed by atoms with E-state index in [1.807, 2.05) is 19.1 Å². The quantitative estimate of drug-likeness (QED) is 0.673. The van der Waals surface area contributed by atoms with Crippen LogP contribution in [0.25, 0.3) is 0 Å². The number of aryl methyl sites for hydroxylation is 1. The lowest BCUT2D eigenvalue weighted by molar-refractivity contribution is 0.0955. The maximum absolute atomic E-state index is 13.2. The number of phenolic OH excluding ortho intramolecular Hbond substituents is 1. The molecule has 2 aromatic rings. The van der Waals surface area contributed by atoms with Crippen molar-refractivity contribution in [3.63, 3.8) is 0 Å². The van der Waals surface area contributed by atoms with Crippen molar-refractivity contribution in [2.75, 3.05) is 0 Å². The second-order valence-electron chi connectivity index (χ2n) is 4.67. The number of aromatic hydroxyl groups is 1. The Kier molecular flexibility index (Phi) is 4.33. The molecule has 0 unspecified atom stereocenters. The van der Waals surface area contributed by atoms with E-state index in [0.717, 1.165) is 17.7 Å². The molecule has 0 spiro atoms. The van der Waals surface area contributed by atoms with Crippen LogP contribution in [0.2, 0.25) is 0 Å². The lowest BCUT2D eigenvalue weighted by Gasteiger charge is -2.05. The number of carbonyl (C=O) groups excluding carboxylic acids is 1. The van der Waals surface area contributed by atoms with E-state index in [-0.39, 0.29) is 17.2 Å².